The summed E-state index contributed by atoms with van der Waals surface area (Å²) in [4.78, 5) is 18.7. The van der Waals surface area contributed by atoms with Gasteiger partial charge in [-0.25, -0.2) is 4.98 Å². The van der Waals surface area contributed by atoms with Gasteiger partial charge >= 0.3 is 0 Å². The van der Waals surface area contributed by atoms with Crippen molar-refractivity contribution in [2.75, 3.05) is 0 Å². The van der Waals surface area contributed by atoms with Crippen LogP contribution >= 0.6 is 0 Å². The number of H-pyrrole nitrogens is 1. The summed E-state index contributed by atoms with van der Waals surface area (Å²) < 4.78 is 0. The Morgan fingerprint density at radius 2 is 2.07 bits per heavy atom. The van der Waals surface area contributed by atoms with Crippen molar-refractivity contribution < 1.29 is 4.79 Å². The summed E-state index contributed by atoms with van der Waals surface area (Å²) in [5.74, 6) is 0.384. The monoisotopic (exact) mass is 209 g/mol. The third kappa shape index (κ3) is 2.58. The minimum absolute atomic E-state index is 0.136. The largest absolute Gasteiger partial charge is 0.364 e. The molecule has 0 saturated carbocycles. The fourth-order valence-electron chi connectivity index (χ4n) is 1.50. The topological polar surface area (TPSA) is 71.8 Å². The molecule has 0 aliphatic carbocycles. The molecule has 1 rings (SSSR count). The minimum atomic E-state index is -0.460. The van der Waals surface area contributed by atoms with E-state index in [2.05, 4.69) is 16.9 Å². The number of aromatic nitrogens is 2. The Bertz CT molecular complexity index is 360. The van der Waals surface area contributed by atoms with Crippen molar-refractivity contribution in [3.05, 3.63) is 17.2 Å². The molecule has 0 unspecified atom stereocenters. The number of primary amides is 1. The highest BCUT2D eigenvalue weighted by Crippen LogP contribution is 2.24. The first-order valence-electron chi connectivity index (χ1n) is 5.25. The summed E-state index contributed by atoms with van der Waals surface area (Å²) in [6.45, 7) is 8.16. The molecule has 0 saturated heterocycles. The number of rotatable bonds is 3. The summed E-state index contributed by atoms with van der Waals surface area (Å²) in [5, 5.41) is 0. The van der Waals surface area contributed by atoms with Crippen LogP contribution in [0, 0.1) is 0 Å². The number of amides is 1. The summed E-state index contributed by atoms with van der Waals surface area (Å²) >= 11 is 0. The van der Waals surface area contributed by atoms with E-state index >= 15 is 0 Å². The fourth-order valence-corrected chi connectivity index (χ4v) is 1.50. The Morgan fingerprint density at radius 3 is 2.40 bits per heavy atom. The molecule has 84 valence electrons. The SMILES string of the molecule is CCCc1nc(C(N)=O)c(C(C)(C)C)[nH]1. The van der Waals surface area contributed by atoms with Gasteiger partial charge in [-0.2, -0.15) is 0 Å². The molecule has 1 heterocycles. The van der Waals surface area contributed by atoms with Gasteiger partial charge in [0, 0.05) is 11.8 Å². The second-order valence-electron chi connectivity index (χ2n) is 4.77. The van der Waals surface area contributed by atoms with E-state index in [0.29, 0.717) is 5.69 Å². The lowest BCUT2D eigenvalue weighted by Gasteiger charge is -2.17. The minimum Gasteiger partial charge on any atom is -0.364 e. The maximum Gasteiger partial charge on any atom is 0.269 e. The van der Waals surface area contributed by atoms with E-state index in [1.54, 1.807) is 0 Å². The van der Waals surface area contributed by atoms with Crippen LogP contribution in [-0.2, 0) is 11.8 Å². The Kier molecular flexibility index (Phi) is 3.17. The first kappa shape index (κ1) is 11.8. The van der Waals surface area contributed by atoms with E-state index in [0.717, 1.165) is 24.4 Å². The average Bonchev–Trinajstić information content (AvgIpc) is 2.48. The number of aromatic amines is 1. The first-order valence-corrected chi connectivity index (χ1v) is 5.25. The van der Waals surface area contributed by atoms with Crippen LogP contribution in [0.3, 0.4) is 0 Å². The van der Waals surface area contributed by atoms with E-state index in [4.69, 9.17) is 5.73 Å². The van der Waals surface area contributed by atoms with Crippen molar-refractivity contribution in [3.63, 3.8) is 0 Å². The van der Waals surface area contributed by atoms with Crippen molar-refractivity contribution in [2.24, 2.45) is 5.73 Å². The molecule has 0 aliphatic heterocycles. The number of nitrogens with zero attached hydrogens (tertiary/aromatic N) is 1. The predicted octanol–water partition coefficient (Wildman–Crippen LogP) is 1.76. The lowest BCUT2D eigenvalue weighted by Crippen LogP contribution is -2.21. The maximum absolute atomic E-state index is 11.2. The smallest absolute Gasteiger partial charge is 0.269 e. The molecule has 1 amide bonds. The van der Waals surface area contributed by atoms with E-state index in [1.165, 1.54) is 0 Å². The zero-order valence-corrected chi connectivity index (χ0v) is 9.85. The highest BCUT2D eigenvalue weighted by molar-refractivity contribution is 5.92. The first-order chi connectivity index (χ1) is 6.86. The Morgan fingerprint density at radius 1 is 1.47 bits per heavy atom. The van der Waals surface area contributed by atoms with Gasteiger partial charge in [0.15, 0.2) is 0 Å². The zero-order chi connectivity index (χ0) is 11.6. The molecule has 1 aromatic rings. The standard InChI is InChI=1S/C11H19N3O/c1-5-6-7-13-8(10(12)15)9(14-7)11(2,3)4/h5-6H2,1-4H3,(H2,12,15)(H,13,14). The quantitative estimate of drug-likeness (QED) is 0.796. The molecular weight excluding hydrogens is 190 g/mol. The highest BCUT2D eigenvalue weighted by atomic mass is 16.1. The number of carbonyl (C=O) groups excluding carboxylic acids is 1. The highest BCUT2D eigenvalue weighted by Gasteiger charge is 2.24. The summed E-state index contributed by atoms with van der Waals surface area (Å²) in [6, 6.07) is 0. The van der Waals surface area contributed by atoms with Crippen molar-refractivity contribution in [3.8, 4) is 0 Å². The van der Waals surface area contributed by atoms with Gasteiger partial charge in [0.25, 0.3) is 5.91 Å². The van der Waals surface area contributed by atoms with Gasteiger partial charge in [-0.1, -0.05) is 27.7 Å². The van der Waals surface area contributed by atoms with Crippen molar-refractivity contribution in [2.45, 2.75) is 46.0 Å². The number of hydrogen-bond donors (Lipinski definition) is 2. The molecule has 4 heteroatoms. The van der Waals surface area contributed by atoms with Gasteiger partial charge in [0.1, 0.15) is 11.5 Å². The van der Waals surface area contributed by atoms with Crippen LogP contribution in [0.25, 0.3) is 0 Å². The van der Waals surface area contributed by atoms with Gasteiger partial charge in [-0.05, 0) is 6.42 Å². The Labute approximate surface area is 90.3 Å². The Hall–Kier alpha value is -1.32. The third-order valence-corrected chi connectivity index (χ3v) is 2.22. The van der Waals surface area contributed by atoms with Gasteiger partial charge in [-0.3, -0.25) is 4.79 Å². The lowest BCUT2D eigenvalue weighted by molar-refractivity contribution is 0.0993. The molecule has 0 fully saturated rings. The van der Waals surface area contributed by atoms with E-state index < -0.39 is 5.91 Å². The number of carbonyl (C=O) groups is 1. The molecular formula is C11H19N3O. The zero-order valence-electron chi connectivity index (χ0n) is 9.85. The molecule has 0 bridgehead atoms. The van der Waals surface area contributed by atoms with E-state index in [-0.39, 0.29) is 5.41 Å². The molecule has 1 aromatic heterocycles. The number of imidazole rings is 1. The molecule has 15 heavy (non-hydrogen) atoms. The second-order valence-corrected chi connectivity index (χ2v) is 4.77. The van der Waals surface area contributed by atoms with Crippen LogP contribution in [0.1, 0.15) is 56.1 Å². The van der Waals surface area contributed by atoms with Gasteiger partial charge in [0.2, 0.25) is 0 Å². The molecule has 4 nitrogen and oxygen atoms in total. The van der Waals surface area contributed by atoms with E-state index in [9.17, 15) is 4.79 Å². The van der Waals surface area contributed by atoms with Crippen molar-refractivity contribution in [1.29, 1.82) is 0 Å². The molecule has 0 aliphatic rings. The fraction of sp³-hybridized carbons (Fsp3) is 0.636. The van der Waals surface area contributed by atoms with Crippen molar-refractivity contribution >= 4 is 5.91 Å². The van der Waals surface area contributed by atoms with Gasteiger partial charge < -0.3 is 10.7 Å². The van der Waals surface area contributed by atoms with Crippen LogP contribution in [0.15, 0.2) is 0 Å². The number of aryl methyl sites for hydroxylation is 1. The second kappa shape index (κ2) is 4.04. The Balaban J connectivity index is 3.18. The molecule has 3 N–H and O–H groups in total. The molecule has 0 aromatic carbocycles. The molecule has 0 radical (unpaired) electrons. The van der Waals surface area contributed by atoms with Crippen LogP contribution in [0.2, 0.25) is 0 Å². The average molecular weight is 209 g/mol. The number of nitrogens with two attached hydrogens (primary N) is 1. The summed E-state index contributed by atoms with van der Waals surface area (Å²) in [5.41, 5.74) is 6.38. The lowest BCUT2D eigenvalue weighted by atomic mass is 9.90. The number of nitrogens with one attached hydrogen (secondary N) is 1. The normalized spacial score (nSPS) is 11.7. The van der Waals surface area contributed by atoms with E-state index in [1.807, 2.05) is 20.8 Å². The predicted molar refractivity (Wildman–Crippen MR) is 59.8 cm³/mol. The third-order valence-electron chi connectivity index (χ3n) is 2.22. The molecule has 0 spiro atoms. The van der Waals surface area contributed by atoms with Gasteiger partial charge in [0.05, 0.1) is 5.69 Å². The number of hydrogen-bond acceptors (Lipinski definition) is 2. The summed E-state index contributed by atoms with van der Waals surface area (Å²) in [7, 11) is 0. The van der Waals surface area contributed by atoms with Crippen LogP contribution in [0.5, 0.6) is 0 Å². The van der Waals surface area contributed by atoms with Crippen LogP contribution in [0.4, 0.5) is 0 Å². The molecule has 0 atom stereocenters. The van der Waals surface area contributed by atoms with Crippen LogP contribution in [-0.4, -0.2) is 15.9 Å². The summed E-state index contributed by atoms with van der Waals surface area (Å²) in [6.07, 6.45) is 1.84. The maximum atomic E-state index is 11.2. The van der Waals surface area contributed by atoms with Gasteiger partial charge in [-0.15, -0.1) is 0 Å². The van der Waals surface area contributed by atoms with Crippen LogP contribution < -0.4 is 5.73 Å². The van der Waals surface area contributed by atoms with Crippen molar-refractivity contribution in [1.82, 2.24) is 9.97 Å².